The Morgan fingerprint density at radius 2 is 1.87 bits per heavy atom. The van der Waals surface area contributed by atoms with Crippen LogP contribution in [0.25, 0.3) is 0 Å². The van der Waals surface area contributed by atoms with Crippen molar-refractivity contribution < 1.29 is 19.1 Å². The molecule has 0 aliphatic heterocycles. The number of carbonyl (C=O) groups is 2. The van der Waals surface area contributed by atoms with Gasteiger partial charge in [-0.1, -0.05) is 15.9 Å². The number of ether oxygens (including phenoxy) is 2. The van der Waals surface area contributed by atoms with Gasteiger partial charge in [-0.2, -0.15) is 0 Å². The maximum atomic E-state index is 12.0. The zero-order valence-electron chi connectivity index (χ0n) is 14.1. The minimum absolute atomic E-state index is 0.108. The molecule has 0 spiro atoms. The highest BCUT2D eigenvalue weighted by Gasteiger charge is 2.15. The summed E-state index contributed by atoms with van der Waals surface area (Å²) in [6.45, 7) is 5.97. The molecule has 23 heavy (non-hydrogen) atoms. The fraction of sp³-hybridized carbons (Fsp3) is 0.500. The molecule has 0 atom stereocenters. The maximum Gasteiger partial charge on any atom is 0.407 e. The summed E-state index contributed by atoms with van der Waals surface area (Å²) in [7, 11) is 3.38. The lowest BCUT2D eigenvalue weighted by molar-refractivity contribution is 0.0520. The number of alkyl carbamates (subject to hydrolysis) is 1. The molecule has 6 nitrogen and oxygen atoms in total. The van der Waals surface area contributed by atoms with Gasteiger partial charge in [-0.3, -0.25) is 4.79 Å². The molecule has 1 aromatic rings. The maximum absolute atomic E-state index is 12.0. The van der Waals surface area contributed by atoms with Gasteiger partial charge in [0.25, 0.3) is 5.91 Å². The van der Waals surface area contributed by atoms with Crippen molar-refractivity contribution in [3.63, 3.8) is 0 Å². The summed E-state index contributed by atoms with van der Waals surface area (Å²) in [5.41, 5.74) is -0.00378. The van der Waals surface area contributed by atoms with E-state index in [4.69, 9.17) is 9.47 Å². The number of hydrogen-bond donors (Lipinski definition) is 1. The van der Waals surface area contributed by atoms with E-state index in [1.54, 1.807) is 53.1 Å². The molecule has 128 valence electrons. The molecular weight excluding hydrogens is 364 g/mol. The molecule has 0 radical (unpaired) electrons. The molecule has 0 aromatic heterocycles. The van der Waals surface area contributed by atoms with E-state index in [-0.39, 0.29) is 12.5 Å². The fourth-order valence-corrected chi connectivity index (χ4v) is 2.14. The third-order valence-corrected chi connectivity index (χ3v) is 3.02. The number of benzene rings is 1. The zero-order chi connectivity index (χ0) is 17.6. The number of amides is 2. The molecule has 1 aromatic carbocycles. The standard InChI is InChI=1S/C16H23BrN2O4/c1-16(2,3)23-15(21)18-6-7-22-13-9-11(8-12(17)10-13)14(20)19(4)5/h8-10H,6-7H2,1-5H3,(H,18,21). The molecule has 0 unspecified atom stereocenters. The van der Waals surface area contributed by atoms with E-state index < -0.39 is 11.7 Å². The van der Waals surface area contributed by atoms with Gasteiger partial charge < -0.3 is 19.7 Å². The highest BCUT2D eigenvalue weighted by Crippen LogP contribution is 2.22. The first-order valence-electron chi connectivity index (χ1n) is 7.20. The van der Waals surface area contributed by atoms with Crippen LogP contribution in [0.1, 0.15) is 31.1 Å². The van der Waals surface area contributed by atoms with Crippen LogP contribution in [0, 0.1) is 0 Å². The van der Waals surface area contributed by atoms with E-state index in [1.165, 1.54) is 4.90 Å². The summed E-state index contributed by atoms with van der Waals surface area (Å²) >= 11 is 3.36. The van der Waals surface area contributed by atoms with E-state index >= 15 is 0 Å². The largest absolute Gasteiger partial charge is 0.492 e. The van der Waals surface area contributed by atoms with Crippen LogP contribution in [0.3, 0.4) is 0 Å². The Balaban J connectivity index is 2.52. The van der Waals surface area contributed by atoms with Crippen molar-refractivity contribution >= 4 is 27.9 Å². The number of nitrogens with zero attached hydrogens (tertiary/aromatic N) is 1. The zero-order valence-corrected chi connectivity index (χ0v) is 15.7. The highest BCUT2D eigenvalue weighted by atomic mass is 79.9. The number of nitrogens with one attached hydrogen (secondary N) is 1. The SMILES string of the molecule is CN(C)C(=O)c1cc(Br)cc(OCCNC(=O)OC(C)(C)C)c1. The number of hydrogen-bond acceptors (Lipinski definition) is 4. The third kappa shape index (κ3) is 7.36. The molecule has 0 saturated carbocycles. The lowest BCUT2D eigenvalue weighted by Gasteiger charge is -2.19. The third-order valence-electron chi connectivity index (χ3n) is 2.56. The van der Waals surface area contributed by atoms with Gasteiger partial charge in [-0.25, -0.2) is 4.79 Å². The molecule has 1 rings (SSSR count). The van der Waals surface area contributed by atoms with E-state index in [1.807, 2.05) is 0 Å². The second-order valence-corrected chi connectivity index (χ2v) is 7.07. The van der Waals surface area contributed by atoms with Crippen molar-refractivity contribution in [3.05, 3.63) is 28.2 Å². The molecule has 0 heterocycles. The van der Waals surface area contributed by atoms with Crippen LogP contribution in [0.4, 0.5) is 4.79 Å². The molecule has 7 heteroatoms. The first-order chi connectivity index (χ1) is 10.6. The summed E-state index contributed by atoms with van der Waals surface area (Å²) in [6.07, 6.45) is -0.487. The normalized spacial score (nSPS) is 10.9. The first kappa shape index (κ1) is 19.3. The fourth-order valence-electron chi connectivity index (χ4n) is 1.66. The summed E-state index contributed by atoms with van der Waals surface area (Å²) < 4.78 is 11.4. The summed E-state index contributed by atoms with van der Waals surface area (Å²) in [5.74, 6) is 0.443. The molecule has 0 fully saturated rings. The summed E-state index contributed by atoms with van der Waals surface area (Å²) in [5, 5.41) is 2.61. The Hall–Kier alpha value is -1.76. The molecule has 0 saturated heterocycles. The second-order valence-electron chi connectivity index (χ2n) is 6.15. The van der Waals surface area contributed by atoms with Gasteiger partial charge >= 0.3 is 6.09 Å². The first-order valence-corrected chi connectivity index (χ1v) is 7.99. The van der Waals surface area contributed by atoms with Gasteiger partial charge in [0.05, 0.1) is 6.54 Å². The van der Waals surface area contributed by atoms with Crippen LogP contribution < -0.4 is 10.1 Å². The van der Waals surface area contributed by atoms with Gasteiger partial charge in [0, 0.05) is 24.1 Å². The second kappa shape index (κ2) is 8.19. The summed E-state index contributed by atoms with van der Waals surface area (Å²) in [6, 6.07) is 5.16. The van der Waals surface area contributed by atoms with Crippen LogP contribution >= 0.6 is 15.9 Å². The predicted octanol–water partition coefficient (Wildman–Crippen LogP) is 3.05. The minimum Gasteiger partial charge on any atom is -0.492 e. The van der Waals surface area contributed by atoms with Gasteiger partial charge in [-0.15, -0.1) is 0 Å². The molecule has 0 aliphatic carbocycles. The van der Waals surface area contributed by atoms with Crippen LogP contribution in [-0.2, 0) is 4.74 Å². The van der Waals surface area contributed by atoms with Crippen molar-refractivity contribution in [3.8, 4) is 5.75 Å². The summed E-state index contributed by atoms with van der Waals surface area (Å²) in [4.78, 5) is 25.0. The van der Waals surface area contributed by atoms with Crippen molar-refractivity contribution in [2.45, 2.75) is 26.4 Å². The minimum atomic E-state index is -0.531. The molecule has 1 N–H and O–H groups in total. The Labute approximate surface area is 145 Å². The van der Waals surface area contributed by atoms with Crippen molar-refractivity contribution in [2.75, 3.05) is 27.2 Å². The van der Waals surface area contributed by atoms with E-state index in [2.05, 4.69) is 21.2 Å². The van der Waals surface area contributed by atoms with Crippen molar-refractivity contribution in [1.82, 2.24) is 10.2 Å². The van der Waals surface area contributed by atoms with Crippen LogP contribution in [-0.4, -0.2) is 49.7 Å². The Morgan fingerprint density at radius 3 is 2.43 bits per heavy atom. The van der Waals surface area contributed by atoms with Crippen molar-refractivity contribution in [1.29, 1.82) is 0 Å². The average Bonchev–Trinajstić information content (AvgIpc) is 2.40. The quantitative estimate of drug-likeness (QED) is 0.789. The lowest BCUT2D eigenvalue weighted by atomic mass is 10.2. The molecular formula is C16H23BrN2O4. The van der Waals surface area contributed by atoms with Gasteiger partial charge in [-0.05, 0) is 39.0 Å². The number of rotatable bonds is 5. The number of carbonyl (C=O) groups excluding carboxylic acids is 2. The molecule has 2 amide bonds. The number of halogens is 1. The van der Waals surface area contributed by atoms with Gasteiger partial charge in [0.2, 0.25) is 0 Å². The van der Waals surface area contributed by atoms with Crippen molar-refractivity contribution in [2.24, 2.45) is 0 Å². The van der Waals surface area contributed by atoms with Crippen LogP contribution in [0.15, 0.2) is 22.7 Å². The Bertz CT molecular complexity index is 568. The highest BCUT2D eigenvalue weighted by molar-refractivity contribution is 9.10. The Kier molecular flexibility index (Phi) is 6.87. The van der Waals surface area contributed by atoms with E-state index in [0.29, 0.717) is 17.9 Å². The van der Waals surface area contributed by atoms with Crippen LogP contribution in [0.2, 0.25) is 0 Å². The average molecular weight is 387 g/mol. The smallest absolute Gasteiger partial charge is 0.407 e. The topological polar surface area (TPSA) is 67.9 Å². The van der Waals surface area contributed by atoms with E-state index in [9.17, 15) is 9.59 Å². The Morgan fingerprint density at radius 1 is 1.22 bits per heavy atom. The van der Waals surface area contributed by atoms with Gasteiger partial charge in [0.15, 0.2) is 0 Å². The van der Waals surface area contributed by atoms with Crippen LogP contribution in [0.5, 0.6) is 5.75 Å². The monoisotopic (exact) mass is 386 g/mol. The predicted molar refractivity (Wildman–Crippen MR) is 91.9 cm³/mol. The lowest BCUT2D eigenvalue weighted by Crippen LogP contribution is -2.34. The van der Waals surface area contributed by atoms with E-state index in [0.717, 1.165) is 4.47 Å². The molecule has 0 bridgehead atoms. The molecule has 0 aliphatic rings. The van der Waals surface area contributed by atoms with Gasteiger partial charge in [0.1, 0.15) is 18.0 Å².